The number of hydrogen-bond donors (Lipinski definition) is 1. The molecule has 2 heteroatoms. The predicted octanol–water partition coefficient (Wildman–Crippen LogP) is 5.06. The summed E-state index contributed by atoms with van der Waals surface area (Å²) in [4.78, 5) is 12.7. The lowest BCUT2D eigenvalue weighted by molar-refractivity contribution is -0.120. The van der Waals surface area contributed by atoms with Gasteiger partial charge in [0.2, 0.25) is 5.91 Å². The average Bonchev–Trinajstić information content (AvgIpc) is 2.64. The molecule has 0 aliphatic rings. The number of benzene rings is 3. The lowest BCUT2D eigenvalue weighted by atomic mass is 9.97. The van der Waals surface area contributed by atoms with Crippen LogP contribution in [0.25, 0.3) is 0 Å². The van der Waals surface area contributed by atoms with Gasteiger partial charge in [0.05, 0.1) is 12.5 Å². The van der Waals surface area contributed by atoms with Gasteiger partial charge in [0.25, 0.3) is 0 Å². The van der Waals surface area contributed by atoms with Crippen LogP contribution >= 0.6 is 0 Å². The Bertz CT molecular complexity index is 882. The minimum absolute atomic E-state index is 0.0303. The van der Waals surface area contributed by atoms with E-state index in [-0.39, 0.29) is 11.9 Å². The van der Waals surface area contributed by atoms with Crippen LogP contribution in [0.5, 0.6) is 0 Å². The van der Waals surface area contributed by atoms with Crippen molar-refractivity contribution < 1.29 is 4.79 Å². The molecule has 26 heavy (non-hydrogen) atoms. The van der Waals surface area contributed by atoms with Gasteiger partial charge >= 0.3 is 0 Å². The maximum atomic E-state index is 12.7. The van der Waals surface area contributed by atoms with Gasteiger partial charge in [0.1, 0.15) is 0 Å². The highest BCUT2D eigenvalue weighted by molar-refractivity contribution is 5.79. The number of amides is 1. The molecule has 2 nitrogen and oxygen atoms in total. The molecule has 0 unspecified atom stereocenters. The van der Waals surface area contributed by atoms with Gasteiger partial charge in [-0.05, 0) is 48.6 Å². The fourth-order valence-corrected chi connectivity index (χ4v) is 3.07. The van der Waals surface area contributed by atoms with Crippen LogP contribution in [-0.2, 0) is 11.2 Å². The fraction of sp³-hybridized carbons (Fsp3) is 0.208. The topological polar surface area (TPSA) is 29.1 Å². The van der Waals surface area contributed by atoms with Gasteiger partial charge in [-0.2, -0.15) is 0 Å². The highest BCUT2D eigenvalue weighted by Gasteiger charge is 2.17. The first kappa shape index (κ1) is 17.9. The monoisotopic (exact) mass is 343 g/mol. The summed E-state index contributed by atoms with van der Waals surface area (Å²) in [5, 5.41) is 3.21. The van der Waals surface area contributed by atoms with Crippen molar-refractivity contribution in [3.8, 4) is 0 Å². The maximum Gasteiger partial charge on any atom is 0.225 e. The molecule has 0 aliphatic heterocycles. The van der Waals surface area contributed by atoms with Crippen molar-refractivity contribution in [3.63, 3.8) is 0 Å². The second-order valence-corrected chi connectivity index (χ2v) is 6.92. The van der Waals surface area contributed by atoms with Crippen molar-refractivity contribution in [1.82, 2.24) is 5.32 Å². The Morgan fingerprint density at radius 1 is 0.808 bits per heavy atom. The Morgan fingerprint density at radius 2 is 1.46 bits per heavy atom. The SMILES string of the molecule is Cc1ccc([C@@H](NC(=O)Cc2ccc(C)c(C)c2)c2ccccc2)cc1. The molecule has 0 saturated carbocycles. The van der Waals surface area contributed by atoms with E-state index < -0.39 is 0 Å². The molecule has 1 atom stereocenters. The third-order valence-corrected chi connectivity index (χ3v) is 4.78. The summed E-state index contributed by atoms with van der Waals surface area (Å²) in [6, 6.07) is 24.5. The highest BCUT2D eigenvalue weighted by atomic mass is 16.1. The molecule has 0 heterocycles. The zero-order valence-electron chi connectivity index (χ0n) is 15.6. The molecular weight excluding hydrogens is 318 g/mol. The molecule has 0 radical (unpaired) electrons. The number of carbonyl (C=O) groups is 1. The van der Waals surface area contributed by atoms with Crippen molar-refractivity contribution in [3.05, 3.63) is 106 Å². The molecule has 0 spiro atoms. The summed E-state index contributed by atoms with van der Waals surface area (Å²) in [5.41, 5.74) is 6.90. The Balaban J connectivity index is 1.82. The molecule has 0 fully saturated rings. The van der Waals surface area contributed by atoms with E-state index in [0.29, 0.717) is 6.42 Å². The van der Waals surface area contributed by atoms with Crippen LogP contribution < -0.4 is 5.32 Å². The highest BCUT2D eigenvalue weighted by Crippen LogP contribution is 2.22. The van der Waals surface area contributed by atoms with Gasteiger partial charge in [-0.25, -0.2) is 0 Å². The number of carbonyl (C=O) groups excluding carboxylic acids is 1. The Kier molecular flexibility index (Phi) is 5.52. The largest absolute Gasteiger partial charge is 0.345 e. The zero-order chi connectivity index (χ0) is 18.5. The van der Waals surface area contributed by atoms with Crippen molar-refractivity contribution in [2.24, 2.45) is 0 Å². The molecular formula is C24H25NO. The summed E-state index contributed by atoms with van der Waals surface area (Å²) in [6.45, 7) is 6.23. The van der Waals surface area contributed by atoms with E-state index in [9.17, 15) is 4.79 Å². The van der Waals surface area contributed by atoms with E-state index in [1.165, 1.54) is 16.7 Å². The lowest BCUT2D eigenvalue weighted by Gasteiger charge is -2.20. The first-order chi connectivity index (χ1) is 12.5. The van der Waals surface area contributed by atoms with Crippen LogP contribution in [0.15, 0.2) is 72.8 Å². The Labute approximate surface area is 155 Å². The van der Waals surface area contributed by atoms with Crippen LogP contribution in [0.3, 0.4) is 0 Å². The summed E-state index contributed by atoms with van der Waals surface area (Å²) >= 11 is 0. The third-order valence-electron chi connectivity index (χ3n) is 4.78. The van der Waals surface area contributed by atoms with Gasteiger partial charge in [0, 0.05) is 0 Å². The van der Waals surface area contributed by atoms with Crippen molar-refractivity contribution in [2.45, 2.75) is 33.2 Å². The van der Waals surface area contributed by atoms with Crippen LogP contribution in [0.1, 0.15) is 39.4 Å². The van der Waals surface area contributed by atoms with Crippen LogP contribution in [-0.4, -0.2) is 5.91 Å². The predicted molar refractivity (Wildman–Crippen MR) is 107 cm³/mol. The molecule has 3 aromatic rings. The summed E-state index contributed by atoms with van der Waals surface area (Å²) in [5.74, 6) is 0.0303. The van der Waals surface area contributed by atoms with Crippen molar-refractivity contribution in [2.75, 3.05) is 0 Å². The molecule has 3 aromatic carbocycles. The Morgan fingerprint density at radius 3 is 2.12 bits per heavy atom. The fourth-order valence-electron chi connectivity index (χ4n) is 3.07. The zero-order valence-corrected chi connectivity index (χ0v) is 15.6. The number of rotatable bonds is 5. The van der Waals surface area contributed by atoms with E-state index in [4.69, 9.17) is 0 Å². The molecule has 0 saturated heterocycles. The molecule has 3 rings (SSSR count). The maximum absolute atomic E-state index is 12.7. The quantitative estimate of drug-likeness (QED) is 0.689. The standard InChI is InChI=1S/C24H25NO/c1-17-9-13-22(14-10-17)24(21-7-5-4-6-8-21)25-23(26)16-20-12-11-18(2)19(3)15-20/h4-15,24H,16H2,1-3H3,(H,25,26)/t24-/m0/s1. The molecule has 0 aliphatic carbocycles. The second-order valence-electron chi connectivity index (χ2n) is 6.92. The molecule has 1 N–H and O–H groups in total. The Hall–Kier alpha value is -2.87. The first-order valence-corrected chi connectivity index (χ1v) is 9.00. The molecule has 0 bridgehead atoms. The van der Waals surface area contributed by atoms with Gasteiger partial charge in [-0.3, -0.25) is 4.79 Å². The van der Waals surface area contributed by atoms with E-state index in [0.717, 1.165) is 16.7 Å². The lowest BCUT2D eigenvalue weighted by Crippen LogP contribution is -2.30. The average molecular weight is 343 g/mol. The number of aryl methyl sites for hydroxylation is 3. The second kappa shape index (κ2) is 8.01. The third kappa shape index (κ3) is 4.40. The minimum atomic E-state index is -0.143. The minimum Gasteiger partial charge on any atom is -0.345 e. The van der Waals surface area contributed by atoms with E-state index in [1.54, 1.807) is 0 Å². The number of nitrogens with one attached hydrogen (secondary N) is 1. The van der Waals surface area contributed by atoms with E-state index >= 15 is 0 Å². The van der Waals surface area contributed by atoms with Crippen molar-refractivity contribution >= 4 is 5.91 Å². The summed E-state index contributed by atoms with van der Waals surface area (Å²) in [7, 11) is 0. The van der Waals surface area contributed by atoms with Crippen molar-refractivity contribution in [1.29, 1.82) is 0 Å². The van der Waals surface area contributed by atoms with Gasteiger partial charge in [-0.15, -0.1) is 0 Å². The van der Waals surface area contributed by atoms with Gasteiger partial charge < -0.3 is 5.32 Å². The van der Waals surface area contributed by atoms with Crippen LogP contribution in [0, 0.1) is 20.8 Å². The van der Waals surface area contributed by atoms with Crippen LogP contribution in [0.4, 0.5) is 0 Å². The van der Waals surface area contributed by atoms with E-state index in [2.05, 4.69) is 74.6 Å². The summed E-state index contributed by atoms with van der Waals surface area (Å²) in [6.07, 6.45) is 0.385. The van der Waals surface area contributed by atoms with Crippen LogP contribution in [0.2, 0.25) is 0 Å². The van der Waals surface area contributed by atoms with Gasteiger partial charge in [-0.1, -0.05) is 78.4 Å². The normalized spacial score (nSPS) is 11.8. The smallest absolute Gasteiger partial charge is 0.225 e. The molecule has 1 amide bonds. The van der Waals surface area contributed by atoms with E-state index in [1.807, 2.05) is 24.3 Å². The molecule has 132 valence electrons. The summed E-state index contributed by atoms with van der Waals surface area (Å²) < 4.78 is 0. The number of hydrogen-bond acceptors (Lipinski definition) is 1. The van der Waals surface area contributed by atoms with Gasteiger partial charge in [0.15, 0.2) is 0 Å². The molecule has 0 aromatic heterocycles. The first-order valence-electron chi connectivity index (χ1n) is 9.00.